The number of thiol groups is 1. The van der Waals surface area contributed by atoms with Crippen LogP contribution in [-0.4, -0.2) is 17.4 Å². The van der Waals surface area contributed by atoms with Crippen LogP contribution in [0, 0.1) is 0 Å². The lowest BCUT2D eigenvalue weighted by Crippen LogP contribution is -2.06. The van der Waals surface area contributed by atoms with Gasteiger partial charge in [-0.25, -0.2) is 0 Å². The molecule has 4 heteroatoms. The van der Waals surface area contributed by atoms with Crippen LogP contribution in [0.3, 0.4) is 0 Å². The summed E-state index contributed by atoms with van der Waals surface area (Å²) in [7, 11) is 0. The number of carbonyl (C=O) groups is 2. The zero-order valence-corrected chi connectivity index (χ0v) is 9.38. The monoisotopic (exact) mass is 223 g/mol. The highest BCUT2D eigenvalue weighted by Gasteiger charge is 2.01. The van der Waals surface area contributed by atoms with Gasteiger partial charge in [-0.2, -0.15) is 12.6 Å². The molecular weight excluding hydrogens is 210 g/mol. The molecule has 0 aromatic heterocycles. The lowest BCUT2D eigenvalue weighted by molar-refractivity contribution is -0.116. The van der Waals surface area contributed by atoms with Crippen LogP contribution in [0.2, 0.25) is 0 Å². The van der Waals surface area contributed by atoms with Gasteiger partial charge < -0.3 is 5.32 Å². The van der Waals surface area contributed by atoms with Gasteiger partial charge in [0.05, 0.1) is 0 Å². The Morgan fingerprint density at radius 1 is 1.27 bits per heavy atom. The minimum atomic E-state index is -0.103. The molecule has 3 nitrogen and oxygen atoms in total. The number of anilines is 1. The van der Waals surface area contributed by atoms with E-state index in [1.165, 1.54) is 6.92 Å². The van der Waals surface area contributed by atoms with Gasteiger partial charge in [-0.15, -0.1) is 0 Å². The summed E-state index contributed by atoms with van der Waals surface area (Å²) in [4.78, 5) is 21.8. The number of carbonyl (C=O) groups excluding carboxylic acids is 2. The van der Waals surface area contributed by atoms with Crippen molar-refractivity contribution < 1.29 is 9.59 Å². The second-order valence-corrected chi connectivity index (χ2v) is 3.57. The lowest BCUT2D eigenvalue weighted by Gasteiger charge is -2.03. The van der Waals surface area contributed by atoms with Crippen LogP contribution < -0.4 is 5.32 Å². The van der Waals surface area contributed by atoms with Crippen molar-refractivity contribution in [1.29, 1.82) is 0 Å². The molecule has 0 radical (unpaired) electrons. The van der Waals surface area contributed by atoms with Crippen LogP contribution in [0.5, 0.6) is 0 Å². The SMILES string of the molecule is CC(=O)Nc1ccc(CC(=O)CS)cc1. The number of ketones is 1. The minimum Gasteiger partial charge on any atom is -0.326 e. The second kappa shape index (κ2) is 5.56. The number of amides is 1. The van der Waals surface area contributed by atoms with E-state index in [1.54, 1.807) is 12.1 Å². The van der Waals surface area contributed by atoms with E-state index in [2.05, 4.69) is 17.9 Å². The molecule has 0 aliphatic rings. The number of hydrogen-bond donors (Lipinski definition) is 2. The quantitative estimate of drug-likeness (QED) is 0.763. The van der Waals surface area contributed by atoms with E-state index in [0.29, 0.717) is 6.42 Å². The van der Waals surface area contributed by atoms with Crippen molar-refractivity contribution in [3.05, 3.63) is 29.8 Å². The standard InChI is InChI=1S/C11H13NO2S/c1-8(13)12-10-4-2-9(3-5-10)6-11(14)7-15/h2-5,15H,6-7H2,1H3,(H,12,13). The summed E-state index contributed by atoms with van der Waals surface area (Å²) in [6, 6.07) is 7.21. The summed E-state index contributed by atoms with van der Waals surface area (Å²) in [5.74, 6) is 0.243. The molecule has 1 N–H and O–H groups in total. The summed E-state index contributed by atoms with van der Waals surface area (Å²) in [5, 5.41) is 2.66. The fraction of sp³-hybridized carbons (Fsp3) is 0.273. The molecule has 0 aliphatic carbocycles. The topological polar surface area (TPSA) is 46.2 Å². The highest BCUT2D eigenvalue weighted by molar-refractivity contribution is 7.81. The largest absolute Gasteiger partial charge is 0.326 e. The molecule has 1 rings (SSSR count). The predicted molar refractivity (Wildman–Crippen MR) is 63.3 cm³/mol. The van der Waals surface area contributed by atoms with E-state index in [4.69, 9.17) is 0 Å². The van der Waals surface area contributed by atoms with Crippen LogP contribution in [0.4, 0.5) is 5.69 Å². The highest BCUT2D eigenvalue weighted by Crippen LogP contribution is 2.10. The average molecular weight is 223 g/mol. The molecule has 1 aromatic rings. The average Bonchev–Trinajstić information content (AvgIpc) is 2.20. The third kappa shape index (κ3) is 4.16. The summed E-state index contributed by atoms with van der Waals surface area (Å²) in [6.45, 7) is 1.46. The molecule has 0 saturated carbocycles. The van der Waals surface area contributed by atoms with Crippen molar-refractivity contribution in [1.82, 2.24) is 0 Å². The second-order valence-electron chi connectivity index (χ2n) is 3.25. The Labute approximate surface area is 94.3 Å². The third-order valence-corrected chi connectivity index (χ3v) is 2.20. The summed E-state index contributed by atoms with van der Waals surface area (Å²) in [5.41, 5.74) is 1.67. The van der Waals surface area contributed by atoms with Crippen LogP contribution in [-0.2, 0) is 16.0 Å². The van der Waals surface area contributed by atoms with Gasteiger partial charge in [0.15, 0.2) is 0 Å². The highest BCUT2D eigenvalue weighted by atomic mass is 32.1. The van der Waals surface area contributed by atoms with Crippen molar-refractivity contribution in [2.24, 2.45) is 0 Å². The molecule has 1 amide bonds. The smallest absolute Gasteiger partial charge is 0.221 e. The number of hydrogen-bond acceptors (Lipinski definition) is 3. The van der Waals surface area contributed by atoms with Gasteiger partial charge in [0.1, 0.15) is 5.78 Å². The Hall–Kier alpha value is -1.29. The fourth-order valence-electron chi connectivity index (χ4n) is 1.19. The van der Waals surface area contributed by atoms with E-state index in [-0.39, 0.29) is 17.4 Å². The Kier molecular flexibility index (Phi) is 4.37. The van der Waals surface area contributed by atoms with Gasteiger partial charge in [-0.3, -0.25) is 9.59 Å². The Bertz CT molecular complexity index is 359. The summed E-state index contributed by atoms with van der Waals surface area (Å²) in [6.07, 6.45) is 0.393. The molecule has 0 spiro atoms. The minimum absolute atomic E-state index is 0.0885. The maximum absolute atomic E-state index is 11.1. The molecule has 0 fully saturated rings. The first-order valence-electron chi connectivity index (χ1n) is 4.61. The number of nitrogens with one attached hydrogen (secondary N) is 1. The molecule has 80 valence electrons. The number of rotatable bonds is 4. The van der Waals surface area contributed by atoms with E-state index in [1.807, 2.05) is 12.1 Å². The van der Waals surface area contributed by atoms with Crippen molar-refractivity contribution in [2.75, 3.05) is 11.1 Å². The summed E-state index contributed by atoms with van der Waals surface area (Å²) >= 11 is 3.90. The molecule has 15 heavy (non-hydrogen) atoms. The van der Waals surface area contributed by atoms with Gasteiger partial charge in [0, 0.05) is 24.8 Å². The van der Waals surface area contributed by atoms with Gasteiger partial charge in [-0.05, 0) is 17.7 Å². The van der Waals surface area contributed by atoms with E-state index in [0.717, 1.165) is 11.3 Å². The van der Waals surface area contributed by atoms with Crippen LogP contribution in [0.1, 0.15) is 12.5 Å². The first kappa shape index (κ1) is 11.8. The number of benzene rings is 1. The molecule has 1 aromatic carbocycles. The third-order valence-electron chi connectivity index (χ3n) is 1.85. The Morgan fingerprint density at radius 2 is 1.87 bits per heavy atom. The maximum atomic E-state index is 11.1. The normalized spacial score (nSPS) is 9.73. The van der Waals surface area contributed by atoms with Crippen LogP contribution in [0.15, 0.2) is 24.3 Å². The van der Waals surface area contributed by atoms with E-state index in [9.17, 15) is 9.59 Å². The van der Waals surface area contributed by atoms with Crippen molar-refractivity contribution >= 4 is 30.0 Å². The molecular formula is C11H13NO2S. The van der Waals surface area contributed by atoms with Gasteiger partial charge in [0.2, 0.25) is 5.91 Å². The Balaban J connectivity index is 2.64. The number of Topliss-reactive ketones (excluding diaryl/α,β-unsaturated/α-hetero) is 1. The first-order chi connectivity index (χ1) is 7.11. The van der Waals surface area contributed by atoms with Gasteiger partial charge in [-0.1, -0.05) is 12.1 Å². The zero-order valence-electron chi connectivity index (χ0n) is 8.49. The van der Waals surface area contributed by atoms with Crippen molar-refractivity contribution in [3.8, 4) is 0 Å². The van der Waals surface area contributed by atoms with Crippen LogP contribution in [0.25, 0.3) is 0 Å². The van der Waals surface area contributed by atoms with Gasteiger partial charge >= 0.3 is 0 Å². The summed E-state index contributed by atoms with van der Waals surface area (Å²) < 4.78 is 0. The predicted octanol–water partition coefficient (Wildman–Crippen LogP) is 1.69. The molecule has 0 aliphatic heterocycles. The molecule has 0 heterocycles. The van der Waals surface area contributed by atoms with Crippen LogP contribution >= 0.6 is 12.6 Å². The Morgan fingerprint density at radius 3 is 2.33 bits per heavy atom. The molecule has 0 saturated heterocycles. The van der Waals surface area contributed by atoms with E-state index < -0.39 is 0 Å². The van der Waals surface area contributed by atoms with Gasteiger partial charge in [0.25, 0.3) is 0 Å². The molecule has 0 atom stereocenters. The molecule has 0 bridgehead atoms. The maximum Gasteiger partial charge on any atom is 0.221 e. The van der Waals surface area contributed by atoms with E-state index >= 15 is 0 Å². The van der Waals surface area contributed by atoms with Crippen molar-refractivity contribution in [2.45, 2.75) is 13.3 Å². The first-order valence-corrected chi connectivity index (χ1v) is 5.24. The van der Waals surface area contributed by atoms with Crippen molar-refractivity contribution in [3.63, 3.8) is 0 Å². The lowest BCUT2D eigenvalue weighted by atomic mass is 10.1. The fourth-order valence-corrected chi connectivity index (χ4v) is 1.30. The molecule has 0 unspecified atom stereocenters. The zero-order chi connectivity index (χ0) is 11.3.